The Labute approximate surface area is 126 Å². The van der Waals surface area contributed by atoms with Crippen LogP contribution in [0.5, 0.6) is 0 Å². The lowest BCUT2D eigenvalue weighted by atomic mass is 9.87. The molecule has 0 amide bonds. The van der Waals surface area contributed by atoms with E-state index in [-0.39, 0.29) is 18.3 Å². The van der Waals surface area contributed by atoms with E-state index < -0.39 is 0 Å². The molecule has 1 aromatic carbocycles. The Bertz CT molecular complexity index is 619. The summed E-state index contributed by atoms with van der Waals surface area (Å²) in [4.78, 5) is 0. The second-order valence-corrected chi connectivity index (χ2v) is 7.95. The molecule has 0 N–H and O–H groups in total. The van der Waals surface area contributed by atoms with Gasteiger partial charge in [0.05, 0.1) is 11.2 Å². The molecule has 2 heterocycles. The average molecular weight is 339 g/mol. The van der Waals surface area contributed by atoms with Crippen molar-refractivity contribution < 1.29 is 9.31 Å². The molecule has 2 aromatic rings. The topological polar surface area (TPSA) is 18.5 Å². The second kappa shape index (κ2) is 4.32. The van der Waals surface area contributed by atoms with E-state index in [1.165, 1.54) is 10.1 Å². The van der Waals surface area contributed by atoms with Gasteiger partial charge < -0.3 is 9.31 Å². The van der Waals surface area contributed by atoms with Gasteiger partial charge in [-0.1, -0.05) is 15.9 Å². The van der Waals surface area contributed by atoms with Gasteiger partial charge in [0.25, 0.3) is 0 Å². The molecule has 3 rings (SSSR count). The van der Waals surface area contributed by atoms with Gasteiger partial charge in [-0.15, -0.1) is 11.3 Å². The average Bonchev–Trinajstić information content (AvgIpc) is 2.78. The predicted octanol–water partition coefficient (Wildman–Crippen LogP) is 3.96. The SMILES string of the molecule is CC1(C)OB(c2cc3cc(Br)ccc3s2)OC1(C)C. The summed E-state index contributed by atoms with van der Waals surface area (Å²) in [7, 11) is -0.263. The minimum absolute atomic E-state index is 0.263. The summed E-state index contributed by atoms with van der Waals surface area (Å²) < 4.78 is 15.7. The molecule has 1 aliphatic rings. The summed E-state index contributed by atoms with van der Waals surface area (Å²) in [6.45, 7) is 8.32. The largest absolute Gasteiger partial charge is 0.505 e. The molecule has 5 heteroatoms. The van der Waals surface area contributed by atoms with Crippen LogP contribution in [-0.4, -0.2) is 18.3 Å². The Morgan fingerprint density at radius 2 is 1.68 bits per heavy atom. The third-order valence-electron chi connectivity index (χ3n) is 3.98. The predicted molar refractivity (Wildman–Crippen MR) is 85.2 cm³/mol. The van der Waals surface area contributed by atoms with Gasteiger partial charge >= 0.3 is 7.12 Å². The highest BCUT2D eigenvalue weighted by Gasteiger charge is 2.52. The Kier molecular flexibility index (Phi) is 3.10. The van der Waals surface area contributed by atoms with Crippen LogP contribution in [0.15, 0.2) is 28.7 Å². The van der Waals surface area contributed by atoms with Crippen LogP contribution in [0.1, 0.15) is 27.7 Å². The molecule has 0 radical (unpaired) electrons. The lowest BCUT2D eigenvalue weighted by Crippen LogP contribution is -2.41. The molecule has 1 saturated heterocycles. The summed E-state index contributed by atoms with van der Waals surface area (Å²) in [5.74, 6) is 0. The number of halogens is 1. The summed E-state index contributed by atoms with van der Waals surface area (Å²) in [6, 6.07) is 8.47. The Hall–Kier alpha value is -0.355. The highest BCUT2D eigenvalue weighted by molar-refractivity contribution is 9.10. The minimum Gasteiger partial charge on any atom is -0.399 e. The fraction of sp³-hybridized carbons (Fsp3) is 0.429. The second-order valence-electron chi connectivity index (χ2n) is 5.92. The maximum atomic E-state index is 6.09. The quantitative estimate of drug-likeness (QED) is 0.733. The molecule has 0 spiro atoms. The Balaban J connectivity index is 1.98. The van der Waals surface area contributed by atoms with Crippen LogP contribution in [0.2, 0.25) is 0 Å². The Morgan fingerprint density at radius 1 is 1.05 bits per heavy atom. The first-order valence-electron chi connectivity index (χ1n) is 6.33. The van der Waals surface area contributed by atoms with Gasteiger partial charge in [-0.25, -0.2) is 0 Å². The summed E-state index contributed by atoms with van der Waals surface area (Å²) >= 11 is 5.24. The maximum absolute atomic E-state index is 6.09. The van der Waals surface area contributed by atoms with Crippen molar-refractivity contribution in [3.05, 3.63) is 28.7 Å². The molecule has 0 bridgehead atoms. The first kappa shape index (κ1) is 13.6. The van der Waals surface area contributed by atoms with E-state index in [4.69, 9.17) is 9.31 Å². The van der Waals surface area contributed by atoms with Crippen LogP contribution >= 0.6 is 27.3 Å². The number of rotatable bonds is 1. The Morgan fingerprint density at radius 3 is 2.32 bits per heavy atom. The number of thiophene rings is 1. The van der Waals surface area contributed by atoms with E-state index in [0.29, 0.717) is 0 Å². The van der Waals surface area contributed by atoms with Crippen LogP contribution in [0, 0.1) is 0 Å². The van der Waals surface area contributed by atoms with E-state index in [1.807, 2.05) is 0 Å². The molecular formula is C14H16BBrO2S. The molecule has 0 aliphatic carbocycles. The first-order chi connectivity index (χ1) is 8.78. The molecular weight excluding hydrogens is 323 g/mol. The van der Waals surface area contributed by atoms with Gasteiger partial charge in [-0.05, 0) is 57.3 Å². The lowest BCUT2D eigenvalue weighted by molar-refractivity contribution is 0.00578. The van der Waals surface area contributed by atoms with Crippen molar-refractivity contribution in [2.45, 2.75) is 38.9 Å². The summed E-state index contributed by atoms with van der Waals surface area (Å²) in [6.07, 6.45) is 0. The minimum atomic E-state index is -0.283. The van der Waals surface area contributed by atoms with Gasteiger partial charge in [-0.3, -0.25) is 0 Å². The number of hydrogen-bond donors (Lipinski definition) is 0. The zero-order valence-corrected chi connectivity index (χ0v) is 13.9. The van der Waals surface area contributed by atoms with E-state index in [2.05, 4.69) is 67.9 Å². The van der Waals surface area contributed by atoms with Crippen molar-refractivity contribution >= 4 is 49.2 Å². The molecule has 2 nitrogen and oxygen atoms in total. The van der Waals surface area contributed by atoms with E-state index in [1.54, 1.807) is 11.3 Å². The summed E-state index contributed by atoms with van der Waals surface area (Å²) in [5, 5.41) is 1.23. The first-order valence-corrected chi connectivity index (χ1v) is 7.94. The third kappa shape index (κ3) is 2.27. The van der Waals surface area contributed by atoms with Crippen molar-refractivity contribution in [1.82, 2.24) is 0 Å². The fourth-order valence-corrected chi connectivity index (χ4v) is 3.49. The van der Waals surface area contributed by atoms with Crippen molar-refractivity contribution in [2.24, 2.45) is 0 Å². The van der Waals surface area contributed by atoms with Crippen LogP contribution in [0.3, 0.4) is 0 Å². The number of fused-ring (bicyclic) bond motifs is 1. The molecule has 19 heavy (non-hydrogen) atoms. The molecule has 0 unspecified atom stereocenters. The van der Waals surface area contributed by atoms with Gasteiger partial charge in [0.15, 0.2) is 0 Å². The van der Waals surface area contributed by atoms with Crippen LogP contribution in [0.4, 0.5) is 0 Å². The monoisotopic (exact) mass is 338 g/mol. The third-order valence-corrected chi connectivity index (χ3v) is 5.61. The van der Waals surface area contributed by atoms with Gasteiger partial charge in [0, 0.05) is 13.9 Å². The van der Waals surface area contributed by atoms with Crippen molar-refractivity contribution in [2.75, 3.05) is 0 Å². The molecule has 1 aromatic heterocycles. The molecule has 1 fully saturated rings. The van der Waals surface area contributed by atoms with E-state index in [0.717, 1.165) is 9.25 Å². The zero-order chi connectivity index (χ0) is 13.8. The number of hydrogen-bond acceptors (Lipinski definition) is 3. The van der Waals surface area contributed by atoms with E-state index >= 15 is 0 Å². The van der Waals surface area contributed by atoms with Gasteiger partial charge in [-0.2, -0.15) is 0 Å². The molecule has 1 aliphatic heterocycles. The zero-order valence-electron chi connectivity index (χ0n) is 11.5. The highest BCUT2D eigenvalue weighted by Crippen LogP contribution is 2.37. The number of benzene rings is 1. The normalized spacial score (nSPS) is 21.2. The van der Waals surface area contributed by atoms with Crippen molar-refractivity contribution in [3.63, 3.8) is 0 Å². The van der Waals surface area contributed by atoms with Gasteiger partial charge in [0.1, 0.15) is 0 Å². The van der Waals surface area contributed by atoms with E-state index in [9.17, 15) is 0 Å². The van der Waals surface area contributed by atoms with Crippen LogP contribution in [-0.2, 0) is 9.31 Å². The van der Waals surface area contributed by atoms with Crippen LogP contribution in [0.25, 0.3) is 10.1 Å². The standard InChI is InChI=1S/C14H16BBrO2S/c1-13(2)14(3,4)18-15(17-13)12-8-9-7-10(16)5-6-11(9)19-12/h5-8H,1-4H3. The summed E-state index contributed by atoms with van der Waals surface area (Å²) in [5.41, 5.74) is -0.567. The lowest BCUT2D eigenvalue weighted by Gasteiger charge is -2.32. The van der Waals surface area contributed by atoms with Crippen molar-refractivity contribution in [3.8, 4) is 0 Å². The molecule has 0 saturated carbocycles. The highest BCUT2D eigenvalue weighted by atomic mass is 79.9. The fourth-order valence-electron chi connectivity index (χ4n) is 2.11. The van der Waals surface area contributed by atoms with Crippen molar-refractivity contribution in [1.29, 1.82) is 0 Å². The smallest absolute Gasteiger partial charge is 0.399 e. The molecule has 100 valence electrons. The maximum Gasteiger partial charge on any atom is 0.505 e. The van der Waals surface area contributed by atoms with Crippen LogP contribution < -0.4 is 4.78 Å². The van der Waals surface area contributed by atoms with Gasteiger partial charge in [0.2, 0.25) is 0 Å². The molecule has 0 atom stereocenters.